The molecule has 0 heterocycles. The van der Waals surface area contributed by atoms with Gasteiger partial charge in [-0.25, -0.2) is 0 Å². The maximum absolute atomic E-state index is 14.2. The number of halogens is 26. The predicted octanol–water partition coefficient (Wildman–Crippen LogP) is 10.7. The molecule has 16 N–H and O–H groups in total. The van der Waals surface area contributed by atoms with Gasteiger partial charge in [0.05, 0.1) is 44.5 Å². The minimum Gasteiger partial charge on any atom is -1.00 e. The number of hydrogen-bond acceptors (Lipinski definition) is 6. The van der Waals surface area contributed by atoms with Gasteiger partial charge in [0.2, 0.25) is 0 Å². The quantitative estimate of drug-likeness (QED) is 0.0487. The maximum atomic E-state index is 14.2. The smallest absolute Gasteiger partial charge is 1.00 e. The Morgan fingerprint density at radius 2 is 0.291 bits per heavy atom. The van der Waals surface area contributed by atoms with Gasteiger partial charge < -0.3 is 70.2 Å². The first-order valence-electron chi connectivity index (χ1n) is 30.8. The van der Waals surface area contributed by atoms with E-state index in [0.29, 0.717) is 0 Å². The topological polar surface area (TPSA) is 219 Å². The van der Waals surface area contributed by atoms with E-state index in [-0.39, 0.29) is 88.8 Å². The van der Waals surface area contributed by atoms with Crippen LogP contribution in [0.1, 0.15) is 114 Å². The number of hydrogen-bond donors (Lipinski definition) is 6. The van der Waals surface area contributed by atoms with Crippen molar-refractivity contribution in [3.63, 3.8) is 0 Å². The molecule has 10 aromatic carbocycles. The molecular weight excluding hydrogens is 1600 g/mol. The van der Waals surface area contributed by atoms with E-state index in [1.807, 2.05) is 182 Å². The molecular formula is C74H64BCl2CoF24N6O2. The second-order valence-corrected chi connectivity index (χ2v) is 23.8. The molecule has 596 valence electrons. The van der Waals surface area contributed by atoms with E-state index < -0.39 is 195 Å². The summed E-state index contributed by atoms with van der Waals surface area (Å²) in [5, 5.41) is 0. The van der Waals surface area contributed by atoms with Gasteiger partial charge in [0, 0.05) is 36.3 Å². The van der Waals surface area contributed by atoms with E-state index in [1.165, 1.54) is 0 Å². The van der Waals surface area contributed by atoms with Gasteiger partial charge in [0.1, 0.15) is 6.15 Å². The standard InChI is InChI=1S/C32H12BF24.3C14H16N2.2ClH.Co.2H2O/c34-25(35,36)13-1-14(26(37,38)39)6-21(5-13)33(22-7-15(27(40,41)42)2-16(8-22)28(43,44)45,23-9-17(29(46,47)48)3-18(10-23)30(49,50)51)24-11-19(31(52,53)54)4-20(12-24)32(55,56)57;3*15-13(11-7-3-1-4-8-11)14(16)12-9-5-2-6-10-12;;;;;/h1-12H;3*1-10,13-14H,15-16H2;2*1H;;2*1H2/q-1;;;;;;+3;;/p-2. The van der Waals surface area contributed by atoms with Crippen molar-refractivity contribution in [3.8, 4) is 0 Å². The van der Waals surface area contributed by atoms with Gasteiger partial charge >= 0.3 is 66.2 Å². The van der Waals surface area contributed by atoms with Crippen molar-refractivity contribution in [2.75, 3.05) is 0 Å². The Morgan fingerprint density at radius 1 is 0.191 bits per heavy atom. The van der Waals surface area contributed by atoms with Crippen LogP contribution in [0.3, 0.4) is 0 Å². The van der Waals surface area contributed by atoms with Crippen LogP contribution in [0.5, 0.6) is 0 Å². The number of rotatable bonds is 13. The molecule has 0 aliphatic carbocycles. The summed E-state index contributed by atoms with van der Waals surface area (Å²) >= 11 is 0. The Morgan fingerprint density at radius 3 is 0.382 bits per heavy atom. The molecule has 8 nitrogen and oxygen atoms in total. The van der Waals surface area contributed by atoms with E-state index in [0.717, 1.165) is 33.4 Å². The number of alkyl halides is 24. The van der Waals surface area contributed by atoms with E-state index in [2.05, 4.69) is 0 Å². The Labute approximate surface area is 635 Å². The molecule has 110 heavy (non-hydrogen) atoms. The molecule has 10 aromatic rings. The van der Waals surface area contributed by atoms with Gasteiger partial charge in [-0.1, -0.05) is 231 Å². The summed E-state index contributed by atoms with van der Waals surface area (Å²) in [4.78, 5) is 0. The molecule has 0 aromatic heterocycles. The minimum atomic E-state index is -6.13. The predicted molar refractivity (Wildman–Crippen MR) is 358 cm³/mol. The number of nitrogens with two attached hydrogens (primary N) is 6. The summed E-state index contributed by atoms with van der Waals surface area (Å²) in [6.45, 7) is 0. The van der Waals surface area contributed by atoms with Gasteiger partial charge in [-0.05, 0) is 57.6 Å². The average molecular weight is 1670 g/mol. The van der Waals surface area contributed by atoms with Crippen molar-refractivity contribution in [1.29, 1.82) is 0 Å². The normalized spacial score (nSPS) is 13.7. The third kappa shape index (κ3) is 25.2. The number of benzene rings is 10. The van der Waals surface area contributed by atoms with Crippen LogP contribution in [0.15, 0.2) is 255 Å². The Balaban J connectivity index is 0.000000620. The molecule has 0 aliphatic rings. The fourth-order valence-corrected chi connectivity index (χ4v) is 11.4. The van der Waals surface area contributed by atoms with Crippen LogP contribution in [0.2, 0.25) is 0 Å². The molecule has 0 radical (unpaired) electrons. The molecule has 10 rings (SSSR count). The third-order valence-corrected chi connectivity index (χ3v) is 16.7. The van der Waals surface area contributed by atoms with Gasteiger partial charge in [0.15, 0.2) is 0 Å². The van der Waals surface area contributed by atoms with E-state index in [1.54, 1.807) is 0 Å². The second-order valence-electron chi connectivity index (χ2n) is 23.8. The molecule has 0 spiro atoms. The molecule has 36 heteroatoms. The van der Waals surface area contributed by atoms with Crippen LogP contribution in [-0.4, -0.2) is 17.1 Å². The Kier molecular flexibility index (Phi) is 34.6. The molecule has 0 saturated heterocycles. The Hall–Kier alpha value is -8.65. The van der Waals surface area contributed by atoms with Gasteiger partial charge in [0.25, 0.3) is 0 Å². The van der Waals surface area contributed by atoms with Crippen LogP contribution >= 0.6 is 0 Å². The molecule has 6 atom stereocenters. The Bertz CT molecular complexity index is 3680. The van der Waals surface area contributed by atoms with Crippen LogP contribution in [0.4, 0.5) is 105 Å². The van der Waals surface area contributed by atoms with Crippen molar-refractivity contribution in [1.82, 2.24) is 0 Å². The van der Waals surface area contributed by atoms with E-state index in [9.17, 15) is 105 Å². The maximum Gasteiger partial charge on any atom is 3.00 e. The first-order chi connectivity index (χ1) is 48.6. The second kappa shape index (κ2) is 39.0. The van der Waals surface area contributed by atoms with E-state index >= 15 is 0 Å². The summed E-state index contributed by atoms with van der Waals surface area (Å²) in [5.74, 6) is 0. The monoisotopic (exact) mass is 1660 g/mol. The first kappa shape index (κ1) is 97.4. The zero-order valence-corrected chi connectivity index (χ0v) is 58.5. The summed E-state index contributed by atoms with van der Waals surface area (Å²) in [5.41, 5.74) is 13.1. The molecule has 0 aliphatic heterocycles. The average Bonchev–Trinajstić information content (AvgIpc) is 0.707. The first-order valence-corrected chi connectivity index (χ1v) is 30.8. The van der Waals surface area contributed by atoms with Crippen molar-refractivity contribution < 1.29 is 158 Å². The fourth-order valence-electron chi connectivity index (χ4n) is 11.4. The van der Waals surface area contributed by atoms with Crippen molar-refractivity contribution in [3.05, 3.63) is 333 Å². The van der Waals surface area contributed by atoms with Gasteiger partial charge in [-0.15, -0.1) is 0 Å². The van der Waals surface area contributed by atoms with Gasteiger partial charge in [-0.2, -0.15) is 127 Å². The van der Waals surface area contributed by atoms with Crippen LogP contribution < -0.4 is 81.1 Å². The van der Waals surface area contributed by atoms with Gasteiger partial charge in [-0.3, -0.25) is 0 Å². The zero-order chi connectivity index (χ0) is 78.1. The van der Waals surface area contributed by atoms with Crippen LogP contribution in [0, 0.1) is 0 Å². The molecule has 0 fully saturated rings. The molecule has 0 saturated carbocycles. The summed E-state index contributed by atoms with van der Waals surface area (Å²) in [6, 6.07) is 49.9. The minimum absolute atomic E-state index is 0. The SMILES string of the molecule is FC(F)(F)c1cc([B-](c2cc(C(F)(F)F)cc(C(F)(F)F)c2)(c2cc(C(F)(F)F)cc(C(F)(F)F)c2)c2cc(C(F)(F)F)cc(C(F)(F)F)c2)cc(C(F)(F)F)c1.NC(c1ccccc1)C(N)c1ccccc1.NC(c1ccccc1)C(N)c1ccccc1.NC(c1ccccc1)C(N)c1ccccc1.O.O.[Cl-].[Cl-].[Co+3]. The molecule has 6 unspecified atom stereocenters. The summed E-state index contributed by atoms with van der Waals surface area (Å²) in [7, 11) is 0. The fraction of sp³-hybridized carbons (Fsp3) is 0.189. The zero-order valence-electron chi connectivity index (χ0n) is 55.9. The van der Waals surface area contributed by atoms with Crippen molar-refractivity contribution >= 4 is 28.0 Å². The summed E-state index contributed by atoms with van der Waals surface area (Å²) in [6.07, 6.45) is -54.8. The van der Waals surface area contributed by atoms with Crippen molar-refractivity contribution in [2.45, 2.75) is 85.7 Å². The molecule has 0 amide bonds. The van der Waals surface area contributed by atoms with Crippen molar-refractivity contribution in [2.24, 2.45) is 34.4 Å². The van der Waals surface area contributed by atoms with E-state index in [4.69, 9.17) is 34.4 Å². The largest absolute Gasteiger partial charge is 3.00 e. The van der Waals surface area contributed by atoms with Crippen LogP contribution in [-0.2, 0) is 66.2 Å². The summed E-state index contributed by atoms with van der Waals surface area (Å²) < 4.78 is 341. The third-order valence-electron chi connectivity index (χ3n) is 16.7. The van der Waals surface area contributed by atoms with Crippen LogP contribution in [0.25, 0.3) is 0 Å². The molecule has 0 bridgehead atoms.